The molecule has 0 radical (unpaired) electrons. The van der Waals surface area contributed by atoms with Crippen LogP contribution in [-0.4, -0.2) is 123 Å². The van der Waals surface area contributed by atoms with Crippen LogP contribution < -0.4 is 5.32 Å². The van der Waals surface area contributed by atoms with E-state index in [1.807, 2.05) is 41.5 Å². The molecule has 0 aromatic rings. The van der Waals surface area contributed by atoms with Crippen molar-refractivity contribution in [3.8, 4) is 0 Å². The van der Waals surface area contributed by atoms with E-state index in [1.54, 1.807) is 0 Å². The fourth-order valence-electron chi connectivity index (χ4n) is 4.29. The second kappa shape index (κ2) is 15.6. The van der Waals surface area contributed by atoms with Crippen LogP contribution >= 0.6 is 21.4 Å². The molecule has 0 atom stereocenters. The standard InChI is InChI=1S/C23H53N4O3P3/c1-7-31(28,8-2)21-25-15-13-24-14-16-26(22-32(29,9-3)10-4)18-20-27(19-17-25)23-33(30,11-5)12-6/h24H,7-23H2,1-6H3. The van der Waals surface area contributed by atoms with Gasteiger partial charge in [0.25, 0.3) is 0 Å². The molecule has 0 bridgehead atoms. The lowest BCUT2D eigenvalue weighted by Crippen LogP contribution is -2.45. The summed E-state index contributed by atoms with van der Waals surface area (Å²) in [7, 11) is -6.51. The Kier molecular flexibility index (Phi) is 14.9. The molecule has 0 spiro atoms. The molecule has 0 aromatic heterocycles. The van der Waals surface area contributed by atoms with Crippen molar-refractivity contribution in [3.05, 3.63) is 0 Å². The highest BCUT2D eigenvalue weighted by molar-refractivity contribution is 7.64. The van der Waals surface area contributed by atoms with Gasteiger partial charge < -0.3 is 19.0 Å². The molecule has 0 saturated carbocycles. The lowest BCUT2D eigenvalue weighted by molar-refractivity contribution is 0.200. The maximum absolute atomic E-state index is 13.3. The molecule has 1 aliphatic rings. The molecular formula is C23H53N4O3P3. The Hall–Kier alpha value is 0.530. The van der Waals surface area contributed by atoms with Gasteiger partial charge in [0, 0.05) is 52.4 Å². The summed E-state index contributed by atoms with van der Waals surface area (Å²) in [6.45, 7) is 19.1. The summed E-state index contributed by atoms with van der Waals surface area (Å²) in [5.41, 5.74) is 0. The minimum absolute atomic E-state index is 0.651. The van der Waals surface area contributed by atoms with Crippen LogP contribution in [0.25, 0.3) is 0 Å². The molecule has 1 heterocycles. The Balaban J connectivity index is 3.01. The van der Waals surface area contributed by atoms with Crippen molar-refractivity contribution in [1.29, 1.82) is 0 Å². The summed E-state index contributed by atoms with van der Waals surface area (Å²) in [4.78, 5) is 7.09. The highest BCUT2D eigenvalue weighted by atomic mass is 31.2. The smallest absolute Gasteiger partial charge is 0.100 e. The first-order valence-corrected chi connectivity index (χ1v) is 20.0. The van der Waals surface area contributed by atoms with E-state index in [-0.39, 0.29) is 0 Å². The Morgan fingerprint density at radius 2 is 0.727 bits per heavy atom. The lowest BCUT2D eigenvalue weighted by Gasteiger charge is -2.34. The van der Waals surface area contributed by atoms with E-state index in [0.717, 1.165) is 89.3 Å². The maximum atomic E-state index is 13.3. The van der Waals surface area contributed by atoms with Gasteiger partial charge in [0.15, 0.2) is 0 Å². The first-order chi connectivity index (χ1) is 15.6. The summed E-state index contributed by atoms with van der Waals surface area (Å²) in [5, 5.41) is 3.55. The zero-order valence-electron chi connectivity index (χ0n) is 22.4. The zero-order chi connectivity index (χ0) is 25.0. The summed E-state index contributed by atoms with van der Waals surface area (Å²) in [5.74, 6) is 0. The van der Waals surface area contributed by atoms with Gasteiger partial charge in [0.05, 0.1) is 18.9 Å². The summed E-state index contributed by atoms with van der Waals surface area (Å²) < 4.78 is 39.7. The van der Waals surface area contributed by atoms with Crippen molar-refractivity contribution in [1.82, 2.24) is 20.0 Å². The van der Waals surface area contributed by atoms with E-state index in [1.165, 1.54) is 0 Å². The van der Waals surface area contributed by atoms with Gasteiger partial charge in [-0.1, -0.05) is 41.5 Å². The first kappa shape index (κ1) is 31.6. The van der Waals surface area contributed by atoms with Crippen molar-refractivity contribution in [2.75, 3.05) is 108 Å². The summed E-state index contributed by atoms with van der Waals surface area (Å²) in [6, 6.07) is 0. The molecule has 33 heavy (non-hydrogen) atoms. The van der Waals surface area contributed by atoms with Crippen molar-refractivity contribution in [2.45, 2.75) is 41.5 Å². The van der Waals surface area contributed by atoms with Gasteiger partial charge in [0.2, 0.25) is 0 Å². The van der Waals surface area contributed by atoms with Gasteiger partial charge in [-0.2, -0.15) is 0 Å². The van der Waals surface area contributed by atoms with Crippen LogP contribution in [0.2, 0.25) is 0 Å². The van der Waals surface area contributed by atoms with Crippen molar-refractivity contribution >= 4 is 21.4 Å². The molecule has 7 nitrogen and oxygen atoms in total. The monoisotopic (exact) mass is 526 g/mol. The molecule has 1 rings (SSSR count). The molecule has 0 unspecified atom stereocenters. The number of nitrogens with one attached hydrogen (secondary N) is 1. The van der Waals surface area contributed by atoms with Crippen LogP contribution in [0.5, 0.6) is 0 Å². The molecule has 0 aromatic carbocycles. The first-order valence-electron chi connectivity index (χ1n) is 13.2. The Morgan fingerprint density at radius 3 is 0.970 bits per heavy atom. The number of nitrogens with zero attached hydrogens (tertiary/aromatic N) is 3. The fourth-order valence-corrected chi connectivity index (χ4v) is 9.87. The zero-order valence-corrected chi connectivity index (χ0v) is 25.1. The quantitative estimate of drug-likeness (QED) is 0.373. The van der Waals surface area contributed by atoms with E-state index in [2.05, 4.69) is 20.0 Å². The van der Waals surface area contributed by atoms with Crippen molar-refractivity contribution in [2.24, 2.45) is 0 Å². The molecule has 1 N–H and O–H groups in total. The number of rotatable bonds is 12. The van der Waals surface area contributed by atoms with Gasteiger partial charge in [-0.05, 0) is 37.0 Å². The second-order valence-electron chi connectivity index (χ2n) is 9.60. The average molecular weight is 527 g/mol. The lowest BCUT2D eigenvalue weighted by atomic mass is 10.4. The minimum Gasteiger partial charge on any atom is -0.322 e. The Labute approximate surface area is 204 Å². The fraction of sp³-hybridized carbons (Fsp3) is 1.00. The highest BCUT2D eigenvalue weighted by Crippen LogP contribution is 2.47. The minimum atomic E-state index is -2.21. The van der Waals surface area contributed by atoms with E-state index in [9.17, 15) is 13.7 Å². The number of hydrogen-bond donors (Lipinski definition) is 1. The molecule has 0 aliphatic carbocycles. The molecule has 10 heteroatoms. The van der Waals surface area contributed by atoms with E-state index < -0.39 is 21.4 Å². The molecule has 1 aliphatic heterocycles. The Morgan fingerprint density at radius 1 is 0.485 bits per heavy atom. The summed E-state index contributed by atoms with van der Waals surface area (Å²) >= 11 is 0. The molecule has 198 valence electrons. The predicted molar refractivity (Wildman–Crippen MR) is 148 cm³/mol. The topological polar surface area (TPSA) is 73.0 Å². The summed E-state index contributed by atoms with van der Waals surface area (Å²) in [6.07, 6.45) is 6.48. The molecule has 1 fully saturated rings. The largest absolute Gasteiger partial charge is 0.322 e. The van der Waals surface area contributed by atoms with Gasteiger partial charge in [-0.3, -0.25) is 14.7 Å². The Bertz CT molecular complexity index is 626. The van der Waals surface area contributed by atoms with Crippen LogP contribution in [0.15, 0.2) is 0 Å². The van der Waals surface area contributed by atoms with Crippen LogP contribution in [0.1, 0.15) is 41.5 Å². The normalized spacial score (nSPS) is 19.8. The van der Waals surface area contributed by atoms with E-state index >= 15 is 0 Å². The van der Waals surface area contributed by atoms with Crippen LogP contribution in [0, 0.1) is 0 Å². The van der Waals surface area contributed by atoms with Gasteiger partial charge in [-0.25, -0.2) is 0 Å². The third kappa shape index (κ3) is 11.4. The third-order valence-electron chi connectivity index (χ3n) is 7.51. The van der Waals surface area contributed by atoms with Crippen LogP contribution in [-0.2, 0) is 13.7 Å². The van der Waals surface area contributed by atoms with Crippen LogP contribution in [0.4, 0.5) is 0 Å². The number of hydrogen-bond acceptors (Lipinski definition) is 7. The van der Waals surface area contributed by atoms with Crippen molar-refractivity contribution < 1.29 is 13.7 Å². The van der Waals surface area contributed by atoms with Gasteiger partial charge in [-0.15, -0.1) is 0 Å². The van der Waals surface area contributed by atoms with Crippen LogP contribution in [0.3, 0.4) is 0 Å². The van der Waals surface area contributed by atoms with E-state index in [4.69, 9.17) is 0 Å². The average Bonchev–Trinajstić information content (AvgIpc) is 2.83. The molecule has 0 amide bonds. The molecular weight excluding hydrogens is 473 g/mol. The van der Waals surface area contributed by atoms with Gasteiger partial charge >= 0.3 is 0 Å². The maximum Gasteiger partial charge on any atom is 0.100 e. The third-order valence-corrected chi connectivity index (χ3v) is 17.2. The van der Waals surface area contributed by atoms with Crippen molar-refractivity contribution in [3.63, 3.8) is 0 Å². The molecule has 1 saturated heterocycles. The highest BCUT2D eigenvalue weighted by Gasteiger charge is 2.26. The SMILES string of the molecule is CCP(=O)(CC)CN1CCNCCN(CP(=O)(CC)CC)CCN(CP(=O)(CC)CC)CC1. The second-order valence-corrected chi connectivity index (χ2v) is 20.6. The van der Waals surface area contributed by atoms with E-state index in [0.29, 0.717) is 18.9 Å². The van der Waals surface area contributed by atoms with Gasteiger partial charge in [0.1, 0.15) is 21.4 Å². The predicted octanol–water partition coefficient (Wildman–Crippen LogP) is 4.58.